The number of benzene rings is 2. The summed E-state index contributed by atoms with van der Waals surface area (Å²) >= 11 is 17.8. The van der Waals surface area contributed by atoms with Crippen LogP contribution in [-0.4, -0.2) is 23.7 Å². The van der Waals surface area contributed by atoms with Gasteiger partial charge in [0.2, 0.25) is 11.8 Å². The molecule has 0 bridgehead atoms. The number of nitrogens with one attached hydrogen (secondary N) is 1. The lowest BCUT2D eigenvalue weighted by Crippen LogP contribution is -2.42. The molecule has 2 aromatic carbocycles. The summed E-state index contributed by atoms with van der Waals surface area (Å²) in [5, 5.41) is 6.50. The van der Waals surface area contributed by atoms with Crippen molar-refractivity contribution in [2.24, 2.45) is 16.8 Å². The Bertz CT molecular complexity index is 1130. The molecular weight excluding hydrogens is 518 g/mol. The summed E-state index contributed by atoms with van der Waals surface area (Å²) in [6.07, 6.45) is -3.35. The highest BCUT2D eigenvalue weighted by Crippen LogP contribution is 2.49. The fraction of sp³-hybridized carbons (Fsp3) is 0.318. The number of carbonyl (C=O) groups is 2. The van der Waals surface area contributed by atoms with Gasteiger partial charge in [-0.1, -0.05) is 46.0 Å². The van der Waals surface area contributed by atoms with E-state index in [-0.39, 0.29) is 49.8 Å². The molecule has 2 amide bonds. The van der Waals surface area contributed by atoms with E-state index in [9.17, 15) is 22.8 Å². The van der Waals surface area contributed by atoms with Crippen molar-refractivity contribution in [2.75, 3.05) is 5.32 Å². The second-order valence-corrected chi connectivity index (χ2v) is 9.12. The number of primary amides is 1. The van der Waals surface area contributed by atoms with E-state index < -0.39 is 18.2 Å². The fourth-order valence-corrected chi connectivity index (χ4v) is 3.89. The summed E-state index contributed by atoms with van der Waals surface area (Å²) in [5.41, 5.74) is 2.49. The third kappa shape index (κ3) is 5.95. The molecule has 1 aliphatic carbocycles. The van der Waals surface area contributed by atoms with Crippen LogP contribution in [-0.2, 0) is 20.0 Å². The molecule has 6 nitrogen and oxygen atoms in total. The second kappa shape index (κ2) is 10.0. The zero-order chi connectivity index (χ0) is 25.3. The molecule has 4 rings (SSSR count). The first kappa shape index (κ1) is 26.1. The zero-order valence-electron chi connectivity index (χ0n) is 17.7. The van der Waals surface area contributed by atoms with E-state index in [1.54, 1.807) is 0 Å². The first-order valence-electron chi connectivity index (χ1n) is 9.97. The SMILES string of the molecule is CC(=O)Nc1cc(C2=NOC(c3cc(Cl)cc(Cl)c3)(C(F)(F)F)C2)ccc1Cl.NC(=O)C1CC1. The minimum absolute atomic E-state index is 0.0386. The monoisotopic (exact) mass is 535 g/mol. The van der Waals surface area contributed by atoms with Crippen LogP contribution >= 0.6 is 34.8 Å². The van der Waals surface area contributed by atoms with E-state index in [0.717, 1.165) is 25.0 Å². The number of alkyl halides is 3. The van der Waals surface area contributed by atoms with Gasteiger partial charge in [0, 0.05) is 40.4 Å². The second-order valence-electron chi connectivity index (χ2n) is 7.84. The lowest BCUT2D eigenvalue weighted by Gasteiger charge is -2.29. The maximum atomic E-state index is 14.0. The number of anilines is 1. The van der Waals surface area contributed by atoms with Crippen molar-refractivity contribution < 1.29 is 27.6 Å². The number of hydrogen-bond donors (Lipinski definition) is 2. The summed E-state index contributed by atoms with van der Waals surface area (Å²) in [6.45, 7) is 1.29. The predicted molar refractivity (Wildman–Crippen MR) is 124 cm³/mol. The molecule has 1 atom stereocenters. The van der Waals surface area contributed by atoms with Gasteiger partial charge in [-0.25, -0.2) is 0 Å². The Kier molecular flexibility index (Phi) is 7.69. The number of rotatable bonds is 4. The summed E-state index contributed by atoms with van der Waals surface area (Å²) < 4.78 is 42.0. The van der Waals surface area contributed by atoms with Crippen molar-refractivity contribution in [3.05, 3.63) is 62.6 Å². The summed E-state index contributed by atoms with van der Waals surface area (Å²) in [7, 11) is 0. The van der Waals surface area contributed by atoms with Gasteiger partial charge in [0.1, 0.15) is 0 Å². The van der Waals surface area contributed by atoms with Gasteiger partial charge in [0.15, 0.2) is 0 Å². The van der Waals surface area contributed by atoms with Gasteiger partial charge >= 0.3 is 6.18 Å². The highest BCUT2D eigenvalue weighted by atomic mass is 35.5. The number of hydrogen-bond acceptors (Lipinski definition) is 4. The molecule has 1 heterocycles. The third-order valence-corrected chi connectivity index (χ3v) is 5.87. The van der Waals surface area contributed by atoms with Crippen molar-refractivity contribution >= 4 is 58.0 Å². The van der Waals surface area contributed by atoms with Crippen LogP contribution in [0.15, 0.2) is 41.6 Å². The van der Waals surface area contributed by atoms with Crippen LogP contribution in [0, 0.1) is 5.92 Å². The molecular formula is C22H19Cl3F3N3O3. The van der Waals surface area contributed by atoms with E-state index in [4.69, 9.17) is 45.4 Å². The van der Waals surface area contributed by atoms with Crippen LogP contribution in [0.2, 0.25) is 15.1 Å². The van der Waals surface area contributed by atoms with Gasteiger partial charge in [-0.05, 0) is 43.2 Å². The van der Waals surface area contributed by atoms with E-state index in [1.807, 2.05) is 0 Å². The zero-order valence-corrected chi connectivity index (χ0v) is 19.9. The van der Waals surface area contributed by atoms with Gasteiger partial charge in [-0.15, -0.1) is 0 Å². The smallest absolute Gasteiger partial charge is 0.374 e. The lowest BCUT2D eigenvalue weighted by atomic mass is 9.86. The Morgan fingerprint density at radius 3 is 2.21 bits per heavy atom. The van der Waals surface area contributed by atoms with Crippen LogP contribution in [0.4, 0.5) is 18.9 Å². The number of nitrogens with two attached hydrogens (primary N) is 1. The van der Waals surface area contributed by atoms with Crippen molar-refractivity contribution in [2.45, 2.75) is 38.0 Å². The molecule has 1 fully saturated rings. The first-order valence-corrected chi connectivity index (χ1v) is 11.1. The molecule has 2 aromatic rings. The van der Waals surface area contributed by atoms with E-state index >= 15 is 0 Å². The van der Waals surface area contributed by atoms with Gasteiger partial charge < -0.3 is 15.9 Å². The first-order chi connectivity index (χ1) is 15.8. The number of halogens is 6. The van der Waals surface area contributed by atoms with Crippen LogP contribution in [0.1, 0.15) is 37.3 Å². The number of carbonyl (C=O) groups excluding carboxylic acids is 2. The molecule has 2 aliphatic rings. The maximum absolute atomic E-state index is 14.0. The summed E-state index contributed by atoms with van der Waals surface area (Å²) in [4.78, 5) is 26.2. The summed E-state index contributed by atoms with van der Waals surface area (Å²) in [5.74, 6) is -0.262. The van der Waals surface area contributed by atoms with Crippen LogP contribution in [0.3, 0.4) is 0 Å². The molecule has 1 saturated carbocycles. The average molecular weight is 537 g/mol. The molecule has 12 heteroatoms. The number of nitrogens with zero attached hydrogens (tertiary/aromatic N) is 1. The Morgan fingerprint density at radius 2 is 1.74 bits per heavy atom. The molecule has 0 aromatic heterocycles. The number of amides is 2. The van der Waals surface area contributed by atoms with Crippen LogP contribution < -0.4 is 11.1 Å². The summed E-state index contributed by atoms with van der Waals surface area (Å²) in [6, 6.07) is 7.99. The van der Waals surface area contributed by atoms with Gasteiger partial charge in [0.05, 0.1) is 16.4 Å². The quantitative estimate of drug-likeness (QED) is 0.497. The van der Waals surface area contributed by atoms with Gasteiger partial charge in [-0.3, -0.25) is 9.59 Å². The normalized spacial score (nSPS) is 19.4. The average Bonchev–Trinajstić information content (AvgIpc) is 3.47. The van der Waals surface area contributed by atoms with Crippen molar-refractivity contribution in [1.82, 2.24) is 0 Å². The largest absolute Gasteiger partial charge is 0.435 e. The van der Waals surface area contributed by atoms with Gasteiger partial charge in [-0.2, -0.15) is 13.2 Å². The molecule has 1 unspecified atom stereocenters. The maximum Gasteiger partial charge on any atom is 0.435 e. The Morgan fingerprint density at radius 1 is 1.12 bits per heavy atom. The number of oxime groups is 1. The van der Waals surface area contributed by atoms with Gasteiger partial charge in [0.25, 0.3) is 5.60 Å². The molecule has 0 spiro atoms. The standard InChI is InChI=1S/C18H12Cl3F3N2O2.C4H7NO/c1-9(27)25-15-4-10(2-3-14(15)21)16-8-17(28-26-16,18(22,23)24)11-5-12(19)7-13(20)6-11;5-4(6)3-1-2-3/h2-7H,8H2,1H3,(H,25,27);3H,1-2H2,(H2,5,6). The Balaban J connectivity index is 0.000000469. The topological polar surface area (TPSA) is 93.8 Å². The Hall–Kier alpha value is -2.49. The van der Waals surface area contributed by atoms with Crippen molar-refractivity contribution in [3.8, 4) is 0 Å². The van der Waals surface area contributed by atoms with Crippen molar-refractivity contribution in [3.63, 3.8) is 0 Å². The molecule has 182 valence electrons. The molecule has 1 aliphatic heterocycles. The third-order valence-electron chi connectivity index (χ3n) is 5.10. The highest BCUT2D eigenvalue weighted by Gasteiger charge is 2.62. The Labute approximate surface area is 208 Å². The molecule has 0 saturated heterocycles. The minimum atomic E-state index is -4.79. The van der Waals surface area contributed by atoms with E-state index in [2.05, 4.69) is 10.5 Å². The predicted octanol–water partition coefficient (Wildman–Crippen LogP) is 6.07. The van der Waals surface area contributed by atoms with Crippen LogP contribution in [0.5, 0.6) is 0 Å². The van der Waals surface area contributed by atoms with Crippen LogP contribution in [0.25, 0.3) is 0 Å². The highest BCUT2D eigenvalue weighted by molar-refractivity contribution is 6.35. The van der Waals surface area contributed by atoms with E-state index in [1.165, 1.54) is 31.2 Å². The van der Waals surface area contributed by atoms with E-state index in [0.29, 0.717) is 5.56 Å². The molecule has 3 N–H and O–H groups in total. The molecule has 34 heavy (non-hydrogen) atoms. The molecule has 0 radical (unpaired) electrons. The minimum Gasteiger partial charge on any atom is -0.374 e. The fourth-order valence-electron chi connectivity index (χ4n) is 3.20. The van der Waals surface area contributed by atoms with Crippen molar-refractivity contribution in [1.29, 1.82) is 0 Å². The lowest BCUT2D eigenvalue weighted by molar-refractivity contribution is -0.275.